The van der Waals surface area contributed by atoms with Gasteiger partial charge in [-0.05, 0) is 44.9 Å². The van der Waals surface area contributed by atoms with Gasteiger partial charge >= 0.3 is 17.9 Å². The monoisotopic (exact) mass is 861 g/mol. The fourth-order valence-corrected chi connectivity index (χ4v) is 8.14. The maximum absolute atomic E-state index is 12.8. The van der Waals surface area contributed by atoms with Crippen molar-refractivity contribution in [3.63, 3.8) is 0 Å². The van der Waals surface area contributed by atoms with E-state index in [0.717, 1.165) is 57.8 Å². The molecule has 0 N–H and O–H groups in total. The molecule has 0 bridgehead atoms. The minimum absolute atomic E-state index is 0.0657. The molecule has 0 amide bonds. The normalized spacial score (nSPS) is 12.0. The topological polar surface area (TPSA) is 78.9 Å². The fraction of sp³-hybridized carbons (Fsp3) is 0.909. The average Bonchev–Trinajstić information content (AvgIpc) is 3.26. The first kappa shape index (κ1) is 59.1. The molecule has 0 radical (unpaired) electrons. The summed E-state index contributed by atoms with van der Waals surface area (Å²) in [7, 11) is 0. The second kappa shape index (κ2) is 50.8. The second-order valence-electron chi connectivity index (χ2n) is 18.5. The summed E-state index contributed by atoms with van der Waals surface area (Å²) in [5.74, 6) is -0.851. The molecule has 6 heteroatoms. The molecule has 0 aliphatic heterocycles. The minimum Gasteiger partial charge on any atom is -0.462 e. The SMILES string of the molecule is CCCCCCCC/C=C\CCCCCCCCCC(=O)OC[C@H](COC(=O)CCCCCCCCCCCCCCC)OC(=O)CCCCCCCCCCCCCCC. The van der Waals surface area contributed by atoms with Gasteiger partial charge in [-0.3, -0.25) is 14.4 Å². The lowest BCUT2D eigenvalue weighted by atomic mass is 10.0. The third kappa shape index (κ3) is 49.0. The van der Waals surface area contributed by atoms with E-state index in [4.69, 9.17) is 14.2 Å². The highest BCUT2D eigenvalue weighted by Gasteiger charge is 2.19. The zero-order valence-corrected chi connectivity index (χ0v) is 41.2. The van der Waals surface area contributed by atoms with Crippen LogP contribution < -0.4 is 0 Å². The van der Waals surface area contributed by atoms with Gasteiger partial charge in [0.2, 0.25) is 0 Å². The zero-order chi connectivity index (χ0) is 44.4. The van der Waals surface area contributed by atoms with Crippen LogP contribution in [-0.4, -0.2) is 37.2 Å². The van der Waals surface area contributed by atoms with Crippen LogP contribution in [0.5, 0.6) is 0 Å². The maximum Gasteiger partial charge on any atom is 0.306 e. The van der Waals surface area contributed by atoms with Crippen LogP contribution >= 0.6 is 0 Å². The third-order valence-electron chi connectivity index (χ3n) is 12.3. The predicted molar refractivity (Wildman–Crippen MR) is 261 cm³/mol. The summed E-state index contributed by atoms with van der Waals surface area (Å²) in [6.07, 6.45) is 56.2. The Morgan fingerprint density at radius 3 is 0.820 bits per heavy atom. The van der Waals surface area contributed by atoms with E-state index >= 15 is 0 Å². The number of carbonyl (C=O) groups is 3. The highest BCUT2D eigenvalue weighted by molar-refractivity contribution is 5.71. The molecule has 0 heterocycles. The van der Waals surface area contributed by atoms with Gasteiger partial charge in [0, 0.05) is 19.3 Å². The molecule has 0 spiro atoms. The van der Waals surface area contributed by atoms with Crippen molar-refractivity contribution in [2.24, 2.45) is 0 Å². The molecule has 61 heavy (non-hydrogen) atoms. The summed E-state index contributed by atoms with van der Waals surface area (Å²) in [5, 5.41) is 0. The summed E-state index contributed by atoms with van der Waals surface area (Å²) in [5.41, 5.74) is 0. The van der Waals surface area contributed by atoms with E-state index in [2.05, 4.69) is 32.9 Å². The van der Waals surface area contributed by atoms with Crippen LogP contribution in [0, 0.1) is 0 Å². The minimum atomic E-state index is -0.764. The van der Waals surface area contributed by atoms with E-state index in [1.54, 1.807) is 0 Å². The standard InChI is InChI=1S/C55H104O6/c1-4-7-10-13-16-19-22-25-26-27-28-31-33-36-39-42-45-48-54(57)60-51-52(61-55(58)49-46-43-40-37-34-30-24-21-18-15-12-9-6-3)50-59-53(56)47-44-41-38-35-32-29-23-20-17-14-11-8-5-2/h25-26,52H,4-24,27-51H2,1-3H3/b26-25-/t52-/m0/s1. The lowest BCUT2D eigenvalue weighted by Gasteiger charge is -2.18. The Kier molecular flexibility index (Phi) is 49.3. The molecule has 1 atom stereocenters. The molecule has 6 nitrogen and oxygen atoms in total. The first-order chi connectivity index (χ1) is 30.0. The van der Waals surface area contributed by atoms with Gasteiger partial charge in [-0.2, -0.15) is 0 Å². The molecule has 0 fully saturated rings. The third-order valence-corrected chi connectivity index (χ3v) is 12.3. The van der Waals surface area contributed by atoms with Gasteiger partial charge in [0.15, 0.2) is 6.10 Å². The van der Waals surface area contributed by atoms with Crippen LogP contribution in [-0.2, 0) is 28.6 Å². The maximum atomic E-state index is 12.8. The Bertz CT molecular complexity index is 947. The number of esters is 3. The molecule has 0 saturated carbocycles. The van der Waals surface area contributed by atoms with E-state index < -0.39 is 6.10 Å². The highest BCUT2D eigenvalue weighted by atomic mass is 16.6. The largest absolute Gasteiger partial charge is 0.462 e. The van der Waals surface area contributed by atoms with Gasteiger partial charge in [0.1, 0.15) is 13.2 Å². The van der Waals surface area contributed by atoms with Crippen molar-refractivity contribution in [2.75, 3.05) is 13.2 Å². The summed E-state index contributed by atoms with van der Waals surface area (Å²) in [6.45, 7) is 6.67. The Morgan fingerprint density at radius 2 is 0.541 bits per heavy atom. The number of unbranched alkanes of at least 4 members (excludes halogenated alkanes) is 37. The lowest BCUT2D eigenvalue weighted by Crippen LogP contribution is -2.30. The highest BCUT2D eigenvalue weighted by Crippen LogP contribution is 2.16. The molecule has 0 rings (SSSR count). The van der Waals surface area contributed by atoms with Crippen LogP contribution in [0.15, 0.2) is 12.2 Å². The Hall–Kier alpha value is -1.85. The number of hydrogen-bond acceptors (Lipinski definition) is 6. The molecule has 0 aromatic rings. The van der Waals surface area contributed by atoms with E-state index in [0.29, 0.717) is 19.3 Å². The summed E-state index contributed by atoms with van der Waals surface area (Å²) in [4.78, 5) is 38.0. The fourth-order valence-electron chi connectivity index (χ4n) is 8.14. The zero-order valence-electron chi connectivity index (χ0n) is 41.2. The molecule has 0 aliphatic rings. The van der Waals surface area contributed by atoms with E-state index in [-0.39, 0.29) is 31.1 Å². The number of carbonyl (C=O) groups excluding carboxylic acids is 3. The van der Waals surface area contributed by atoms with Gasteiger partial charge in [-0.15, -0.1) is 0 Å². The van der Waals surface area contributed by atoms with Gasteiger partial charge in [-0.25, -0.2) is 0 Å². The molecule has 360 valence electrons. The van der Waals surface area contributed by atoms with Crippen LogP contribution in [0.4, 0.5) is 0 Å². The van der Waals surface area contributed by atoms with Crippen molar-refractivity contribution in [2.45, 2.75) is 309 Å². The summed E-state index contributed by atoms with van der Waals surface area (Å²) >= 11 is 0. The quantitative estimate of drug-likeness (QED) is 0.0262. The molecule has 0 saturated heterocycles. The molecule has 0 aliphatic carbocycles. The summed E-state index contributed by atoms with van der Waals surface area (Å²) < 4.78 is 16.8. The second-order valence-corrected chi connectivity index (χ2v) is 18.5. The van der Waals surface area contributed by atoms with Gasteiger partial charge < -0.3 is 14.2 Å². The number of allylic oxidation sites excluding steroid dienone is 2. The van der Waals surface area contributed by atoms with Gasteiger partial charge in [0.05, 0.1) is 0 Å². The van der Waals surface area contributed by atoms with Crippen LogP contribution in [0.2, 0.25) is 0 Å². The van der Waals surface area contributed by atoms with E-state index in [9.17, 15) is 14.4 Å². The Labute approximate surface area is 380 Å². The van der Waals surface area contributed by atoms with Crippen molar-refractivity contribution in [3.05, 3.63) is 12.2 Å². The van der Waals surface area contributed by atoms with Crippen LogP contribution in [0.1, 0.15) is 303 Å². The van der Waals surface area contributed by atoms with E-state index in [1.807, 2.05) is 0 Å². The predicted octanol–water partition coefficient (Wildman–Crippen LogP) is 17.8. The van der Waals surface area contributed by atoms with Crippen molar-refractivity contribution < 1.29 is 28.6 Å². The molecule has 0 unspecified atom stereocenters. The smallest absolute Gasteiger partial charge is 0.306 e. The average molecular weight is 861 g/mol. The number of hydrogen-bond donors (Lipinski definition) is 0. The van der Waals surface area contributed by atoms with Gasteiger partial charge in [0.25, 0.3) is 0 Å². The van der Waals surface area contributed by atoms with E-state index in [1.165, 1.54) is 205 Å². The Balaban J connectivity index is 4.31. The number of ether oxygens (including phenoxy) is 3. The molecule has 0 aromatic heterocycles. The molecular weight excluding hydrogens is 757 g/mol. The van der Waals surface area contributed by atoms with Crippen molar-refractivity contribution in [1.29, 1.82) is 0 Å². The van der Waals surface area contributed by atoms with Crippen LogP contribution in [0.3, 0.4) is 0 Å². The molecule has 0 aromatic carbocycles. The Morgan fingerprint density at radius 1 is 0.311 bits per heavy atom. The first-order valence-corrected chi connectivity index (χ1v) is 27.2. The van der Waals surface area contributed by atoms with Crippen LogP contribution in [0.25, 0.3) is 0 Å². The van der Waals surface area contributed by atoms with Crippen molar-refractivity contribution in [3.8, 4) is 0 Å². The van der Waals surface area contributed by atoms with Crippen molar-refractivity contribution in [1.82, 2.24) is 0 Å². The summed E-state index contributed by atoms with van der Waals surface area (Å²) in [6, 6.07) is 0. The lowest BCUT2D eigenvalue weighted by molar-refractivity contribution is -0.167. The molecular formula is C55H104O6. The first-order valence-electron chi connectivity index (χ1n) is 27.2. The van der Waals surface area contributed by atoms with Gasteiger partial charge in [-0.1, -0.05) is 251 Å². The van der Waals surface area contributed by atoms with Crippen molar-refractivity contribution >= 4 is 17.9 Å². The number of rotatable bonds is 50.